The van der Waals surface area contributed by atoms with Crippen LogP contribution in [0.15, 0.2) is 48.7 Å². The predicted molar refractivity (Wildman–Crippen MR) is 109 cm³/mol. The van der Waals surface area contributed by atoms with Gasteiger partial charge in [0.05, 0.1) is 18.9 Å². The van der Waals surface area contributed by atoms with Crippen LogP contribution in [0.5, 0.6) is 0 Å². The first-order valence-electron chi connectivity index (χ1n) is 9.76. The van der Waals surface area contributed by atoms with Gasteiger partial charge in [0, 0.05) is 30.7 Å². The van der Waals surface area contributed by atoms with Crippen molar-refractivity contribution in [2.75, 3.05) is 26.7 Å². The van der Waals surface area contributed by atoms with Crippen LogP contribution in [0.4, 0.5) is 0 Å². The minimum atomic E-state index is -0.200. The van der Waals surface area contributed by atoms with E-state index in [4.69, 9.17) is 21.1 Å². The monoisotopic (exact) mass is 402 g/mol. The summed E-state index contributed by atoms with van der Waals surface area (Å²) >= 11 is 6.05. The summed E-state index contributed by atoms with van der Waals surface area (Å²) in [6, 6.07) is 13.7. The Morgan fingerprint density at radius 3 is 2.61 bits per heavy atom. The van der Waals surface area contributed by atoms with Gasteiger partial charge in [-0.05, 0) is 55.6 Å². The van der Waals surface area contributed by atoms with E-state index in [1.807, 2.05) is 42.5 Å². The van der Waals surface area contributed by atoms with E-state index in [2.05, 4.69) is 9.88 Å². The molecule has 2 aromatic rings. The molecule has 1 aromatic carbocycles. The number of pyridine rings is 1. The molecular weight excluding hydrogens is 376 g/mol. The van der Waals surface area contributed by atoms with Crippen molar-refractivity contribution in [2.45, 2.75) is 37.9 Å². The molecule has 0 N–H and O–H groups in total. The van der Waals surface area contributed by atoms with Crippen molar-refractivity contribution < 1.29 is 14.3 Å². The third kappa shape index (κ3) is 6.03. The average molecular weight is 403 g/mol. The van der Waals surface area contributed by atoms with Crippen molar-refractivity contribution in [3.8, 4) is 0 Å². The van der Waals surface area contributed by atoms with Gasteiger partial charge in [-0.1, -0.05) is 29.8 Å². The molecule has 0 spiro atoms. The Morgan fingerprint density at radius 2 is 1.96 bits per heavy atom. The molecule has 1 aliphatic rings. The van der Waals surface area contributed by atoms with Gasteiger partial charge in [0.1, 0.15) is 6.10 Å². The Morgan fingerprint density at radius 1 is 1.21 bits per heavy atom. The average Bonchev–Trinajstić information content (AvgIpc) is 2.74. The maximum absolute atomic E-state index is 11.2. The molecule has 0 unspecified atom stereocenters. The number of hydrogen-bond acceptors (Lipinski definition) is 5. The molecule has 28 heavy (non-hydrogen) atoms. The van der Waals surface area contributed by atoms with E-state index in [9.17, 15) is 4.79 Å². The Labute approximate surface area is 171 Å². The summed E-state index contributed by atoms with van der Waals surface area (Å²) in [7, 11) is 1.43. The molecule has 1 saturated heterocycles. The van der Waals surface area contributed by atoms with E-state index in [-0.39, 0.29) is 18.2 Å². The van der Waals surface area contributed by atoms with Crippen molar-refractivity contribution in [3.05, 3.63) is 64.9 Å². The molecule has 0 bridgehead atoms. The Kier molecular flexibility index (Phi) is 7.83. The summed E-state index contributed by atoms with van der Waals surface area (Å²) in [5.41, 5.74) is 1.97. The minimum Gasteiger partial charge on any atom is -0.469 e. The number of esters is 1. The highest BCUT2D eigenvalue weighted by atomic mass is 35.5. The van der Waals surface area contributed by atoms with Crippen LogP contribution in [0.2, 0.25) is 5.02 Å². The van der Waals surface area contributed by atoms with Crippen LogP contribution in [0, 0.1) is 0 Å². The number of methoxy groups -OCH3 is 1. The minimum absolute atomic E-state index is 0.139. The number of carbonyl (C=O) groups excluding carboxylic acids is 1. The normalized spacial score (nSPS) is 16.6. The van der Waals surface area contributed by atoms with Gasteiger partial charge in [0.25, 0.3) is 0 Å². The zero-order chi connectivity index (χ0) is 19.8. The fourth-order valence-electron chi connectivity index (χ4n) is 3.50. The lowest BCUT2D eigenvalue weighted by molar-refractivity contribution is -0.140. The van der Waals surface area contributed by atoms with Crippen molar-refractivity contribution in [3.63, 3.8) is 0 Å². The lowest BCUT2D eigenvalue weighted by Crippen LogP contribution is -2.38. The highest BCUT2D eigenvalue weighted by Gasteiger charge is 2.25. The SMILES string of the molecule is COC(=O)CCCN1CCC(O[C@@H](c2ccc(Cl)cc2)c2ccccn2)CC1. The van der Waals surface area contributed by atoms with Crippen molar-refractivity contribution in [2.24, 2.45) is 0 Å². The van der Waals surface area contributed by atoms with Crippen molar-refractivity contribution in [1.29, 1.82) is 0 Å². The molecule has 150 valence electrons. The van der Waals surface area contributed by atoms with Crippen LogP contribution in [0.1, 0.15) is 43.0 Å². The standard InChI is InChI=1S/C22H27ClN2O3/c1-27-21(26)6-4-14-25-15-11-19(12-16-25)28-22(20-5-2-3-13-24-20)17-7-9-18(23)10-8-17/h2-3,5,7-10,13,19,22H,4,6,11-12,14-16H2,1H3/t22-/m0/s1. The first-order valence-corrected chi connectivity index (χ1v) is 10.1. The number of hydrogen-bond donors (Lipinski definition) is 0. The van der Waals surface area contributed by atoms with Gasteiger partial charge in [-0.15, -0.1) is 0 Å². The van der Waals surface area contributed by atoms with E-state index in [0.717, 1.165) is 50.2 Å². The van der Waals surface area contributed by atoms with Gasteiger partial charge in [0.15, 0.2) is 0 Å². The molecule has 0 aliphatic carbocycles. The van der Waals surface area contributed by atoms with E-state index in [1.54, 1.807) is 6.20 Å². The first-order chi connectivity index (χ1) is 13.7. The molecule has 6 heteroatoms. The number of aromatic nitrogens is 1. The van der Waals surface area contributed by atoms with Crippen LogP contribution in [-0.4, -0.2) is 48.7 Å². The molecule has 1 atom stereocenters. The number of piperidine rings is 1. The number of likely N-dealkylation sites (tertiary alicyclic amines) is 1. The second-order valence-electron chi connectivity index (χ2n) is 7.04. The second-order valence-corrected chi connectivity index (χ2v) is 7.48. The van der Waals surface area contributed by atoms with Crippen molar-refractivity contribution >= 4 is 17.6 Å². The number of halogens is 1. The number of rotatable bonds is 8. The molecule has 1 aliphatic heterocycles. The molecule has 1 aromatic heterocycles. The molecule has 1 fully saturated rings. The molecule has 0 saturated carbocycles. The zero-order valence-corrected chi connectivity index (χ0v) is 17.0. The lowest BCUT2D eigenvalue weighted by atomic mass is 10.0. The number of nitrogens with zero attached hydrogens (tertiary/aromatic N) is 2. The van der Waals surface area contributed by atoms with Crippen LogP contribution in [0.3, 0.4) is 0 Å². The van der Waals surface area contributed by atoms with Gasteiger partial charge >= 0.3 is 5.97 Å². The lowest BCUT2D eigenvalue weighted by Gasteiger charge is -2.34. The maximum Gasteiger partial charge on any atom is 0.305 e. The molecule has 0 radical (unpaired) electrons. The second kappa shape index (κ2) is 10.6. The number of ether oxygens (including phenoxy) is 2. The maximum atomic E-state index is 11.2. The van der Waals surface area contributed by atoms with E-state index in [0.29, 0.717) is 11.4 Å². The summed E-state index contributed by atoms with van der Waals surface area (Å²) in [5.74, 6) is -0.139. The van der Waals surface area contributed by atoms with Crippen LogP contribution >= 0.6 is 11.6 Å². The Balaban J connectivity index is 1.57. The van der Waals surface area contributed by atoms with E-state index in [1.165, 1.54) is 7.11 Å². The summed E-state index contributed by atoms with van der Waals surface area (Å²) in [5, 5.41) is 0.712. The highest BCUT2D eigenvalue weighted by molar-refractivity contribution is 6.30. The molecule has 0 amide bonds. The van der Waals surface area contributed by atoms with Gasteiger partial charge in [-0.25, -0.2) is 0 Å². The third-order valence-electron chi connectivity index (χ3n) is 5.08. The molecule has 2 heterocycles. The van der Waals surface area contributed by atoms with Crippen LogP contribution < -0.4 is 0 Å². The first kappa shape index (κ1) is 20.8. The fraction of sp³-hybridized carbons (Fsp3) is 0.455. The van der Waals surface area contributed by atoms with Crippen molar-refractivity contribution in [1.82, 2.24) is 9.88 Å². The summed E-state index contributed by atoms with van der Waals surface area (Å²) in [4.78, 5) is 18.1. The van der Waals surface area contributed by atoms with Gasteiger partial charge in [-0.2, -0.15) is 0 Å². The molecule has 5 nitrogen and oxygen atoms in total. The number of carbonyl (C=O) groups is 1. The highest BCUT2D eigenvalue weighted by Crippen LogP contribution is 2.29. The van der Waals surface area contributed by atoms with E-state index >= 15 is 0 Å². The van der Waals surface area contributed by atoms with E-state index < -0.39 is 0 Å². The quantitative estimate of drug-likeness (QED) is 0.617. The molecular formula is C22H27ClN2O3. The number of benzene rings is 1. The fourth-order valence-corrected chi connectivity index (χ4v) is 3.62. The summed E-state index contributed by atoms with van der Waals surface area (Å²) in [6.45, 7) is 2.87. The smallest absolute Gasteiger partial charge is 0.305 e. The van der Waals surface area contributed by atoms with Gasteiger partial charge in [0.2, 0.25) is 0 Å². The van der Waals surface area contributed by atoms with Gasteiger partial charge in [-0.3, -0.25) is 9.78 Å². The van der Waals surface area contributed by atoms with Gasteiger partial charge < -0.3 is 14.4 Å². The Bertz CT molecular complexity index is 731. The molecule has 3 rings (SSSR count). The summed E-state index contributed by atoms with van der Waals surface area (Å²) in [6.07, 6.45) is 5.02. The summed E-state index contributed by atoms with van der Waals surface area (Å²) < 4.78 is 11.2. The predicted octanol–water partition coefficient (Wildman–Crippen LogP) is 4.26. The van der Waals surface area contributed by atoms with Crippen LogP contribution in [0.25, 0.3) is 0 Å². The topological polar surface area (TPSA) is 51.7 Å². The third-order valence-corrected chi connectivity index (χ3v) is 5.33. The largest absolute Gasteiger partial charge is 0.469 e. The Hall–Kier alpha value is -1.95. The van der Waals surface area contributed by atoms with Crippen LogP contribution in [-0.2, 0) is 14.3 Å². The zero-order valence-electron chi connectivity index (χ0n) is 16.2.